The minimum absolute atomic E-state index is 0.125. The summed E-state index contributed by atoms with van der Waals surface area (Å²) in [6.45, 7) is 0. The first kappa shape index (κ1) is 15.4. The summed E-state index contributed by atoms with van der Waals surface area (Å²) < 4.78 is 31.1. The fourth-order valence-electron chi connectivity index (χ4n) is 2.02. The molecule has 0 radical (unpaired) electrons. The Morgan fingerprint density at radius 2 is 2.10 bits per heavy atom. The van der Waals surface area contributed by atoms with Crippen LogP contribution >= 0.6 is 15.9 Å². The number of urea groups is 1. The van der Waals surface area contributed by atoms with Gasteiger partial charge >= 0.3 is 12.0 Å². The van der Waals surface area contributed by atoms with Crippen molar-refractivity contribution in [3.63, 3.8) is 0 Å². The summed E-state index contributed by atoms with van der Waals surface area (Å²) in [5.74, 6) is -2.75. The molecule has 1 heterocycles. The van der Waals surface area contributed by atoms with Gasteiger partial charge in [-0.1, -0.05) is 22.0 Å². The van der Waals surface area contributed by atoms with Crippen molar-refractivity contribution >= 4 is 27.9 Å². The number of ether oxygens (including phenoxy) is 1. The number of amides is 2. The van der Waals surface area contributed by atoms with E-state index in [4.69, 9.17) is 0 Å². The highest BCUT2D eigenvalue weighted by Crippen LogP contribution is 2.29. The van der Waals surface area contributed by atoms with E-state index < -0.39 is 29.7 Å². The minimum atomic E-state index is -1.06. The Bertz CT molecular complexity index is 634. The molecule has 2 amide bonds. The van der Waals surface area contributed by atoms with E-state index in [1.807, 2.05) is 0 Å². The Hall–Kier alpha value is -1.96. The van der Waals surface area contributed by atoms with Crippen LogP contribution in [0.2, 0.25) is 0 Å². The number of halogens is 3. The van der Waals surface area contributed by atoms with Crippen LogP contribution in [0.5, 0.6) is 0 Å². The van der Waals surface area contributed by atoms with Crippen LogP contribution in [-0.4, -0.2) is 24.4 Å². The Morgan fingerprint density at radius 3 is 2.67 bits per heavy atom. The van der Waals surface area contributed by atoms with Crippen LogP contribution in [0.3, 0.4) is 0 Å². The van der Waals surface area contributed by atoms with Crippen molar-refractivity contribution in [2.45, 2.75) is 6.04 Å². The Kier molecular flexibility index (Phi) is 4.56. The summed E-state index contributed by atoms with van der Waals surface area (Å²) in [4.78, 5) is 23.5. The molecular weight excluding hydrogens is 350 g/mol. The summed E-state index contributed by atoms with van der Waals surface area (Å²) in [6, 6.07) is 1.69. The van der Waals surface area contributed by atoms with Crippen molar-refractivity contribution < 1.29 is 23.1 Å². The van der Waals surface area contributed by atoms with Crippen LogP contribution in [0, 0.1) is 11.6 Å². The molecule has 0 aliphatic carbocycles. The predicted molar refractivity (Wildman–Crippen MR) is 73.6 cm³/mol. The lowest BCUT2D eigenvalue weighted by molar-refractivity contribution is -0.136. The molecule has 1 aliphatic heterocycles. The van der Waals surface area contributed by atoms with Crippen molar-refractivity contribution in [2.75, 3.05) is 12.4 Å². The van der Waals surface area contributed by atoms with E-state index in [0.29, 0.717) is 5.70 Å². The predicted octanol–water partition coefficient (Wildman–Crippen LogP) is 2.14. The van der Waals surface area contributed by atoms with E-state index >= 15 is 0 Å². The molecule has 2 rings (SSSR count). The number of esters is 1. The minimum Gasteiger partial charge on any atom is -0.466 e. The fourth-order valence-corrected chi connectivity index (χ4v) is 2.46. The number of alkyl halides is 1. The first-order chi connectivity index (χ1) is 9.97. The van der Waals surface area contributed by atoms with Gasteiger partial charge in [0.25, 0.3) is 0 Å². The molecule has 0 fully saturated rings. The average molecular weight is 361 g/mol. The van der Waals surface area contributed by atoms with Gasteiger partial charge in [0.15, 0.2) is 11.6 Å². The second-order valence-corrected chi connectivity index (χ2v) is 4.78. The smallest absolute Gasteiger partial charge is 0.338 e. The zero-order valence-electron chi connectivity index (χ0n) is 10.9. The van der Waals surface area contributed by atoms with Gasteiger partial charge in [-0.3, -0.25) is 0 Å². The summed E-state index contributed by atoms with van der Waals surface area (Å²) >= 11 is 3.16. The number of nitrogens with one attached hydrogen (secondary N) is 2. The van der Waals surface area contributed by atoms with Gasteiger partial charge in [-0.05, 0) is 17.7 Å². The van der Waals surface area contributed by atoms with Crippen molar-refractivity contribution in [1.82, 2.24) is 10.6 Å². The van der Waals surface area contributed by atoms with E-state index in [-0.39, 0.29) is 16.5 Å². The SMILES string of the molecule is COC(=O)C1=C(CBr)NC(=O)N[C@H]1c1ccc(F)c(F)c1. The molecule has 8 heteroatoms. The molecule has 2 N–H and O–H groups in total. The van der Waals surface area contributed by atoms with Gasteiger partial charge < -0.3 is 15.4 Å². The molecule has 0 unspecified atom stereocenters. The largest absolute Gasteiger partial charge is 0.466 e. The first-order valence-electron chi connectivity index (χ1n) is 5.87. The molecule has 5 nitrogen and oxygen atoms in total. The Morgan fingerprint density at radius 1 is 1.38 bits per heavy atom. The van der Waals surface area contributed by atoms with Crippen molar-refractivity contribution in [3.8, 4) is 0 Å². The van der Waals surface area contributed by atoms with Crippen LogP contribution < -0.4 is 10.6 Å². The molecular formula is C13H11BrF2N2O3. The van der Waals surface area contributed by atoms with Gasteiger partial charge in [-0.25, -0.2) is 18.4 Å². The van der Waals surface area contributed by atoms with Crippen LogP contribution in [0.15, 0.2) is 29.5 Å². The van der Waals surface area contributed by atoms with Crippen LogP contribution in [0.25, 0.3) is 0 Å². The second-order valence-electron chi connectivity index (χ2n) is 4.22. The quantitative estimate of drug-likeness (QED) is 0.641. The van der Waals surface area contributed by atoms with Crippen LogP contribution in [0.1, 0.15) is 11.6 Å². The maximum Gasteiger partial charge on any atom is 0.338 e. The molecule has 1 aliphatic rings. The molecule has 0 aromatic heterocycles. The Balaban J connectivity index is 2.54. The molecule has 0 saturated carbocycles. The highest BCUT2D eigenvalue weighted by Gasteiger charge is 2.33. The number of hydrogen-bond donors (Lipinski definition) is 2. The molecule has 0 bridgehead atoms. The third-order valence-electron chi connectivity index (χ3n) is 2.97. The lowest BCUT2D eigenvalue weighted by Gasteiger charge is -2.28. The molecule has 0 spiro atoms. The number of allylic oxidation sites excluding steroid dienone is 1. The fraction of sp³-hybridized carbons (Fsp3) is 0.231. The average Bonchev–Trinajstić information content (AvgIpc) is 2.48. The van der Waals surface area contributed by atoms with Crippen molar-refractivity contribution in [1.29, 1.82) is 0 Å². The zero-order chi connectivity index (χ0) is 15.6. The highest BCUT2D eigenvalue weighted by atomic mass is 79.9. The van der Waals surface area contributed by atoms with Gasteiger partial charge in [0.1, 0.15) is 0 Å². The number of benzene rings is 1. The van der Waals surface area contributed by atoms with E-state index in [1.165, 1.54) is 13.2 Å². The molecule has 1 aromatic rings. The summed E-state index contributed by atoms with van der Waals surface area (Å²) in [5.41, 5.74) is 0.669. The van der Waals surface area contributed by atoms with E-state index in [1.54, 1.807) is 0 Å². The number of hydrogen-bond acceptors (Lipinski definition) is 3. The third-order valence-corrected chi connectivity index (χ3v) is 3.53. The van der Waals surface area contributed by atoms with Crippen molar-refractivity contribution in [2.24, 2.45) is 0 Å². The first-order valence-corrected chi connectivity index (χ1v) is 6.99. The third kappa shape index (κ3) is 3.05. The number of carbonyl (C=O) groups is 2. The molecule has 1 atom stereocenters. The van der Waals surface area contributed by atoms with Gasteiger partial charge in [0.05, 0.1) is 18.7 Å². The van der Waals surface area contributed by atoms with E-state index in [9.17, 15) is 18.4 Å². The van der Waals surface area contributed by atoms with E-state index in [0.717, 1.165) is 12.1 Å². The van der Waals surface area contributed by atoms with Crippen LogP contribution in [0.4, 0.5) is 13.6 Å². The highest BCUT2D eigenvalue weighted by molar-refractivity contribution is 9.09. The maximum absolute atomic E-state index is 13.4. The monoisotopic (exact) mass is 360 g/mol. The topological polar surface area (TPSA) is 67.4 Å². The lowest BCUT2D eigenvalue weighted by atomic mass is 9.95. The molecule has 21 heavy (non-hydrogen) atoms. The number of methoxy groups -OCH3 is 1. The number of rotatable bonds is 3. The van der Waals surface area contributed by atoms with Gasteiger partial charge in [-0.2, -0.15) is 0 Å². The summed E-state index contributed by atoms with van der Waals surface area (Å²) in [6.07, 6.45) is 0. The zero-order valence-corrected chi connectivity index (χ0v) is 12.5. The Labute approximate surface area is 127 Å². The summed E-state index contributed by atoms with van der Waals surface area (Å²) in [7, 11) is 1.19. The molecule has 112 valence electrons. The number of carbonyl (C=O) groups excluding carboxylic acids is 2. The van der Waals surface area contributed by atoms with Gasteiger partial charge in [0, 0.05) is 11.0 Å². The maximum atomic E-state index is 13.4. The lowest BCUT2D eigenvalue weighted by Crippen LogP contribution is -2.46. The summed E-state index contributed by atoms with van der Waals surface area (Å²) in [5, 5.41) is 5.16. The van der Waals surface area contributed by atoms with Crippen molar-refractivity contribution in [3.05, 3.63) is 46.7 Å². The second kappa shape index (κ2) is 6.21. The van der Waals surface area contributed by atoms with Gasteiger partial charge in [0.2, 0.25) is 0 Å². The molecule has 1 aromatic carbocycles. The van der Waals surface area contributed by atoms with E-state index in [2.05, 4.69) is 31.3 Å². The molecule has 0 saturated heterocycles. The standard InChI is InChI=1S/C13H11BrF2N2O3/c1-21-12(19)10-9(5-14)17-13(20)18-11(10)6-2-3-7(15)8(16)4-6/h2-4,11H,5H2,1H3,(H2,17,18,20)/t11-/m0/s1. The normalized spacial score (nSPS) is 18.1. The van der Waals surface area contributed by atoms with Crippen LogP contribution in [-0.2, 0) is 9.53 Å². The van der Waals surface area contributed by atoms with Gasteiger partial charge in [-0.15, -0.1) is 0 Å².